The Kier molecular flexibility index (Phi) is 3.74. The van der Waals surface area contributed by atoms with Crippen molar-refractivity contribution in [3.63, 3.8) is 0 Å². The van der Waals surface area contributed by atoms with Gasteiger partial charge >= 0.3 is 5.63 Å². The number of nitrogens with one attached hydrogen (secondary N) is 1. The first-order valence-corrected chi connectivity index (χ1v) is 5.64. The van der Waals surface area contributed by atoms with Crippen molar-refractivity contribution in [1.29, 1.82) is 0 Å². The van der Waals surface area contributed by atoms with Gasteiger partial charge in [0.15, 0.2) is 0 Å². The standard InChI is InChI=1S/C12H9ClN2O3/c13-6-11(16)15-9-3-4-10(18-12(9)17)8-2-1-5-14-7-8/h1-5,7H,6H2,(H,15,16). The summed E-state index contributed by atoms with van der Waals surface area (Å²) < 4.78 is 5.09. The Labute approximate surface area is 107 Å². The first-order chi connectivity index (χ1) is 8.70. The van der Waals surface area contributed by atoms with Crippen molar-refractivity contribution < 1.29 is 9.21 Å². The van der Waals surface area contributed by atoms with E-state index in [4.69, 9.17) is 16.0 Å². The summed E-state index contributed by atoms with van der Waals surface area (Å²) in [4.78, 5) is 26.6. The Bertz CT molecular complexity index is 610. The number of nitrogens with zero attached hydrogens (tertiary/aromatic N) is 1. The third-order valence-corrected chi connectivity index (χ3v) is 2.41. The molecule has 2 aromatic rings. The second-order valence-electron chi connectivity index (χ2n) is 3.42. The van der Waals surface area contributed by atoms with E-state index in [-0.39, 0.29) is 11.6 Å². The maximum atomic E-state index is 11.6. The van der Waals surface area contributed by atoms with E-state index >= 15 is 0 Å². The fourth-order valence-electron chi connectivity index (χ4n) is 1.36. The lowest BCUT2D eigenvalue weighted by molar-refractivity contribution is -0.113. The molecule has 5 nitrogen and oxygen atoms in total. The Morgan fingerprint density at radius 2 is 2.22 bits per heavy atom. The molecule has 2 rings (SSSR count). The highest BCUT2D eigenvalue weighted by molar-refractivity contribution is 6.29. The predicted molar refractivity (Wildman–Crippen MR) is 67.6 cm³/mol. The van der Waals surface area contributed by atoms with Gasteiger partial charge in [-0.2, -0.15) is 0 Å². The molecular weight excluding hydrogens is 256 g/mol. The Balaban J connectivity index is 2.31. The van der Waals surface area contributed by atoms with Gasteiger partial charge in [-0.3, -0.25) is 9.78 Å². The molecule has 0 aliphatic heterocycles. The number of carbonyl (C=O) groups excluding carboxylic acids is 1. The van der Waals surface area contributed by atoms with Gasteiger partial charge in [0.05, 0.1) is 0 Å². The Morgan fingerprint density at radius 3 is 2.83 bits per heavy atom. The van der Waals surface area contributed by atoms with Gasteiger partial charge in [-0.1, -0.05) is 0 Å². The zero-order chi connectivity index (χ0) is 13.0. The monoisotopic (exact) mass is 264 g/mol. The molecule has 1 N–H and O–H groups in total. The van der Waals surface area contributed by atoms with Gasteiger partial charge in [0.1, 0.15) is 17.3 Å². The van der Waals surface area contributed by atoms with E-state index in [2.05, 4.69) is 10.3 Å². The second kappa shape index (κ2) is 5.46. The molecule has 2 aromatic heterocycles. The van der Waals surface area contributed by atoms with Crippen molar-refractivity contribution in [3.05, 3.63) is 47.1 Å². The molecule has 0 fully saturated rings. The average molecular weight is 265 g/mol. The van der Waals surface area contributed by atoms with E-state index < -0.39 is 11.5 Å². The van der Waals surface area contributed by atoms with Crippen LogP contribution in [0.4, 0.5) is 5.69 Å². The molecule has 0 aliphatic carbocycles. The maximum absolute atomic E-state index is 11.6. The minimum absolute atomic E-state index is 0.0632. The Morgan fingerprint density at radius 1 is 1.39 bits per heavy atom. The summed E-state index contributed by atoms with van der Waals surface area (Å²) >= 11 is 5.33. The van der Waals surface area contributed by atoms with Crippen molar-refractivity contribution in [2.75, 3.05) is 11.2 Å². The molecule has 0 radical (unpaired) electrons. The van der Waals surface area contributed by atoms with Crippen molar-refractivity contribution >= 4 is 23.2 Å². The summed E-state index contributed by atoms with van der Waals surface area (Å²) in [5, 5.41) is 2.35. The summed E-state index contributed by atoms with van der Waals surface area (Å²) in [5.41, 5.74) is 0.118. The van der Waals surface area contributed by atoms with Gasteiger partial charge in [0.2, 0.25) is 5.91 Å². The van der Waals surface area contributed by atoms with Crippen LogP contribution in [0.15, 0.2) is 45.9 Å². The van der Waals surface area contributed by atoms with Crippen LogP contribution in [-0.2, 0) is 4.79 Å². The van der Waals surface area contributed by atoms with Crippen LogP contribution in [0.25, 0.3) is 11.3 Å². The largest absolute Gasteiger partial charge is 0.421 e. The third-order valence-electron chi connectivity index (χ3n) is 2.17. The second-order valence-corrected chi connectivity index (χ2v) is 3.69. The number of amides is 1. The lowest BCUT2D eigenvalue weighted by Crippen LogP contribution is -2.18. The van der Waals surface area contributed by atoms with E-state index in [1.165, 1.54) is 6.07 Å². The number of pyridine rings is 1. The lowest BCUT2D eigenvalue weighted by Gasteiger charge is -2.03. The first-order valence-electron chi connectivity index (χ1n) is 5.11. The highest BCUT2D eigenvalue weighted by Gasteiger charge is 2.08. The van der Waals surface area contributed by atoms with Crippen molar-refractivity contribution in [2.24, 2.45) is 0 Å². The molecule has 0 bridgehead atoms. The van der Waals surface area contributed by atoms with Crippen LogP contribution in [0, 0.1) is 0 Å². The van der Waals surface area contributed by atoms with Gasteiger partial charge in [-0.25, -0.2) is 4.79 Å². The number of hydrogen-bond donors (Lipinski definition) is 1. The Hall–Kier alpha value is -2.14. The van der Waals surface area contributed by atoms with Crippen LogP contribution in [-0.4, -0.2) is 16.8 Å². The van der Waals surface area contributed by atoms with E-state index in [1.807, 2.05) is 0 Å². The zero-order valence-electron chi connectivity index (χ0n) is 9.22. The third kappa shape index (κ3) is 2.75. The number of carbonyl (C=O) groups is 1. The number of halogens is 1. The van der Waals surface area contributed by atoms with Crippen molar-refractivity contribution in [1.82, 2.24) is 4.98 Å². The minimum atomic E-state index is -0.630. The summed E-state index contributed by atoms with van der Waals surface area (Å²) in [6.45, 7) is 0. The first kappa shape index (κ1) is 12.3. The molecule has 0 atom stereocenters. The van der Waals surface area contributed by atoms with Crippen molar-refractivity contribution in [2.45, 2.75) is 0 Å². The maximum Gasteiger partial charge on any atom is 0.360 e. The summed E-state index contributed by atoms with van der Waals surface area (Å²) in [6.07, 6.45) is 3.20. The highest BCUT2D eigenvalue weighted by Crippen LogP contribution is 2.17. The fourth-order valence-corrected chi connectivity index (χ4v) is 1.42. The zero-order valence-corrected chi connectivity index (χ0v) is 9.98. The number of aromatic nitrogens is 1. The van der Waals surface area contributed by atoms with Gasteiger partial charge in [-0.05, 0) is 24.3 Å². The van der Waals surface area contributed by atoms with Gasteiger partial charge in [0.25, 0.3) is 0 Å². The number of rotatable bonds is 3. The molecular formula is C12H9ClN2O3. The molecule has 1 amide bonds. The molecule has 0 aliphatic rings. The van der Waals surface area contributed by atoms with Crippen LogP contribution in [0.1, 0.15) is 0 Å². The van der Waals surface area contributed by atoms with Crippen LogP contribution in [0.2, 0.25) is 0 Å². The predicted octanol–water partition coefficient (Wildman–Crippen LogP) is 1.88. The highest BCUT2D eigenvalue weighted by atomic mass is 35.5. The lowest BCUT2D eigenvalue weighted by atomic mass is 10.2. The van der Waals surface area contributed by atoms with Crippen LogP contribution in [0.3, 0.4) is 0 Å². The van der Waals surface area contributed by atoms with E-state index in [1.54, 1.807) is 30.6 Å². The minimum Gasteiger partial charge on any atom is -0.421 e. The molecule has 0 saturated heterocycles. The van der Waals surface area contributed by atoms with Crippen LogP contribution < -0.4 is 10.9 Å². The summed E-state index contributed by atoms with van der Waals surface area (Å²) in [6, 6.07) is 6.56. The SMILES string of the molecule is O=C(CCl)Nc1ccc(-c2cccnc2)oc1=O. The smallest absolute Gasteiger partial charge is 0.360 e. The summed E-state index contributed by atoms with van der Waals surface area (Å²) in [5.74, 6) is -0.292. The normalized spacial score (nSPS) is 10.1. The summed E-state index contributed by atoms with van der Waals surface area (Å²) in [7, 11) is 0. The topological polar surface area (TPSA) is 72.2 Å². The van der Waals surface area contributed by atoms with Crippen LogP contribution >= 0.6 is 11.6 Å². The number of anilines is 1. The van der Waals surface area contributed by atoms with E-state index in [9.17, 15) is 9.59 Å². The number of hydrogen-bond acceptors (Lipinski definition) is 4. The molecule has 6 heteroatoms. The fraction of sp³-hybridized carbons (Fsp3) is 0.0833. The van der Waals surface area contributed by atoms with E-state index in [0.29, 0.717) is 11.3 Å². The molecule has 0 saturated carbocycles. The van der Waals surface area contributed by atoms with E-state index in [0.717, 1.165) is 0 Å². The van der Waals surface area contributed by atoms with Crippen LogP contribution in [0.5, 0.6) is 0 Å². The van der Waals surface area contributed by atoms with Gasteiger partial charge in [-0.15, -0.1) is 11.6 Å². The molecule has 0 spiro atoms. The molecule has 0 unspecified atom stereocenters. The molecule has 18 heavy (non-hydrogen) atoms. The average Bonchev–Trinajstić information content (AvgIpc) is 2.42. The number of alkyl halides is 1. The van der Waals surface area contributed by atoms with Crippen molar-refractivity contribution in [3.8, 4) is 11.3 Å². The van der Waals surface area contributed by atoms with Gasteiger partial charge in [0, 0.05) is 18.0 Å². The molecule has 0 aromatic carbocycles. The van der Waals surface area contributed by atoms with Gasteiger partial charge < -0.3 is 9.73 Å². The quantitative estimate of drug-likeness (QED) is 0.859. The molecule has 92 valence electrons. The molecule has 2 heterocycles.